The van der Waals surface area contributed by atoms with Crippen LogP contribution in [0.4, 0.5) is 5.69 Å². The Morgan fingerprint density at radius 3 is 2.85 bits per heavy atom. The Kier molecular flexibility index (Phi) is 6.14. The van der Waals surface area contributed by atoms with Crippen molar-refractivity contribution in [3.8, 4) is 10.7 Å². The van der Waals surface area contributed by atoms with E-state index in [1.54, 1.807) is 11.3 Å². The minimum Gasteiger partial charge on any atom is -0.338 e. The van der Waals surface area contributed by atoms with Crippen molar-refractivity contribution in [2.75, 3.05) is 18.4 Å². The molecule has 7 heteroatoms. The van der Waals surface area contributed by atoms with Gasteiger partial charge in [-0.15, -0.1) is 11.3 Å². The summed E-state index contributed by atoms with van der Waals surface area (Å²) in [4.78, 5) is 19.8. The molecule has 0 unspecified atom stereocenters. The minimum atomic E-state index is -0.0502. The molecule has 0 aliphatic rings. The molecule has 2 aromatic heterocycles. The van der Waals surface area contributed by atoms with Gasteiger partial charge in [-0.1, -0.05) is 36.3 Å². The number of para-hydroxylation sites is 1. The Hall–Kier alpha value is -2.51. The third-order valence-electron chi connectivity index (χ3n) is 3.89. The Morgan fingerprint density at radius 2 is 2.12 bits per heavy atom. The fraction of sp³-hybridized carbons (Fsp3) is 0.316. The average Bonchev–Trinajstić information content (AvgIpc) is 3.28. The molecular formula is C19H22N4O2S. The SMILES string of the molecule is CCCN(CC(=O)Nc1ccccc1C)Cc1nc(-c2cccs2)no1. The van der Waals surface area contributed by atoms with E-state index in [-0.39, 0.29) is 12.5 Å². The lowest BCUT2D eigenvalue weighted by Crippen LogP contribution is -2.33. The quantitative estimate of drug-likeness (QED) is 0.650. The molecule has 26 heavy (non-hydrogen) atoms. The summed E-state index contributed by atoms with van der Waals surface area (Å²) < 4.78 is 5.36. The summed E-state index contributed by atoms with van der Waals surface area (Å²) in [5.41, 5.74) is 1.88. The Bertz CT molecular complexity index is 845. The van der Waals surface area contributed by atoms with Crippen molar-refractivity contribution in [2.45, 2.75) is 26.8 Å². The molecule has 0 aliphatic heterocycles. The average molecular weight is 370 g/mol. The van der Waals surface area contributed by atoms with Crippen LogP contribution >= 0.6 is 11.3 Å². The van der Waals surface area contributed by atoms with E-state index >= 15 is 0 Å². The molecule has 3 aromatic rings. The maximum absolute atomic E-state index is 12.4. The molecular weight excluding hydrogens is 348 g/mol. The number of amides is 1. The molecule has 2 heterocycles. The van der Waals surface area contributed by atoms with Gasteiger partial charge in [-0.05, 0) is 43.0 Å². The van der Waals surface area contributed by atoms with Crippen LogP contribution < -0.4 is 5.32 Å². The Labute approximate surface area is 156 Å². The molecule has 0 saturated heterocycles. The number of nitrogens with zero attached hydrogens (tertiary/aromatic N) is 3. The number of benzene rings is 1. The fourth-order valence-electron chi connectivity index (χ4n) is 2.65. The topological polar surface area (TPSA) is 71.3 Å². The minimum absolute atomic E-state index is 0.0502. The van der Waals surface area contributed by atoms with E-state index in [4.69, 9.17) is 4.52 Å². The molecule has 0 atom stereocenters. The van der Waals surface area contributed by atoms with Crippen LogP contribution in [0.2, 0.25) is 0 Å². The van der Waals surface area contributed by atoms with Gasteiger partial charge < -0.3 is 9.84 Å². The van der Waals surface area contributed by atoms with Gasteiger partial charge in [0.05, 0.1) is 18.0 Å². The molecule has 1 N–H and O–H groups in total. The van der Waals surface area contributed by atoms with Crippen LogP contribution in [-0.2, 0) is 11.3 Å². The third-order valence-corrected chi connectivity index (χ3v) is 4.76. The van der Waals surface area contributed by atoms with Gasteiger partial charge >= 0.3 is 0 Å². The number of aryl methyl sites for hydroxylation is 1. The number of rotatable bonds is 8. The summed E-state index contributed by atoms with van der Waals surface area (Å²) in [6, 6.07) is 11.7. The monoisotopic (exact) mass is 370 g/mol. The molecule has 0 bridgehead atoms. The van der Waals surface area contributed by atoms with E-state index in [0.717, 1.165) is 29.1 Å². The second kappa shape index (κ2) is 8.73. The van der Waals surface area contributed by atoms with E-state index in [0.29, 0.717) is 18.3 Å². The fourth-order valence-corrected chi connectivity index (χ4v) is 3.30. The number of carbonyl (C=O) groups is 1. The molecule has 0 fully saturated rings. The zero-order valence-corrected chi connectivity index (χ0v) is 15.8. The first kappa shape index (κ1) is 18.3. The Balaban J connectivity index is 1.62. The van der Waals surface area contributed by atoms with Gasteiger partial charge in [0, 0.05) is 5.69 Å². The predicted molar refractivity (Wildman–Crippen MR) is 103 cm³/mol. The number of carbonyl (C=O) groups excluding carboxylic acids is 1. The van der Waals surface area contributed by atoms with Crippen LogP contribution in [-0.4, -0.2) is 34.0 Å². The number of thiophene rings is 1. The molecule has 0 spiro atoms. The van der Waals surface area contributed by atoms with Gasteiger partial charge in [0.15, 0.2) is 0 Å². The highest BCUT2D eigenvalue weighted by molar-refractivity contribution is 7.13. The lowest BCUT2D eigenvalue weighted by Gasteiger charge is -2.19. The number of hydrogen-bond donors (Lipinski definition) is 1. The van der Waals surface area contributed by atoms with E-state index < -0.39 is 0 Å². The summed E-state index contributed by atoms with van der Waals surface area (Å²) in [6.45, 7) is 5.56. The highest BCUT2D eigenvalue weighted by Gasteiger charge is 2.16. The van der Waals surface area contributed by atoms with Crippen molar-refractivity contribution in [1.82, 2.24) is 15.0 Å². The van der Waals surface area contributed by atoms with Gasteiger partial charge in [-0.25, -0.2) is 0 Å². The van der Waals surface area contributed by atoms with Crippen molar-refractivity contribution in [3.63, 3.8) is 0 Å². The number of aromatic nitrogens is 2. The van der Waals surface area contributed by atoms with Gasteiger partial charge in [0.1, 0.15) is 0 Å². The second-order valence-corrected chi connectivity index (χ2v) is 7.01. The lowest BCUT2D eigenvalue weighted by molar-refractivity contribution is -0.117. The maximum Gasteiger partial charge on any atom is 0.241 e. The smallest absolute Gasteiger partial charge is 0.241 e. The van der Waals surface area contributed by atoms with Gasteiger partial charge in [-0.3, -0.25) is 9.69 Å². The van der Waals surface area contributed by atoms with E-state index in [9.17, 15) is 4.79 Å². The van der Waals surface area contributed by atoms with Crippen LogP contribution in [0.5, 0.6) is 0 Å². The van der Waals surface area contributed by atoms with Gasteiger partial charge in [0.25, 0.3) is 0 Å². The summed E-state index contributed by atoms with van der Waals surface area (Å²) >= 11 is 1.57. The molecule has 136 valence electrons. The second-order valence-electron chi connectivity index (χ2n) is 6.06. The first-order chi connectivity index (χ1) is 12.7. The molecule has 0 saturated carbocycles. The van der Waals surface area contributed by atoms with Gasteiger partial charge in [-0.2, -0.15) is 4.98 Å². The van der Waals surface area contributed by atoms with Crippen LogP contribution in [0.3, 0.4) is 0 Å². The Morgan fingerprint density at radius 1 is 1.27 bits per heavy atom. The predicted octanol–water partition coefficient (Wildman–Crippen LogP) is 3.96. The van der Waals surface area contributed by atoms with Crippen LogP contribution in [0.25, 0.3) is 10.7 Å². The molecule has 1 aromatic carbocycles. The van der Waals surface area contributed by atoms with Crippen molar-refractivity contribution >= 4 is 22.9 Å². The highest BCUT2D eigenvalue weighted by Crippen LogP contribution is 2.21. The van der Waals surface area contributed by atoms with Gasteiger partial charge in [0.2, 0.25) is 17.6 Å². The van der Waals surface area contributed by atoms with Crippen molar-refractivity contribution < 1.29 is 9.32 Å². The normalized spacial score (nSPS) is 11.0. The largest absolute Gasteiger partial charge is 0.338 e. The highest BCUT2D eigenvalue weighted by atomic mass is 32.1. The van der Waals surface area contributed by atoms with Crippen LogP contribution in [0.15, 0.2) is 46.3 Å². The molecule has 0 radical (unpaired) electrons. The van der Waals surface area contributed by atoms with E-state index in [1.165, 1.54) is 0 Å². The maximum atomic E-state index is 12.4. The van der Waals surface area contributed by atoms with Crippen molar-refractivity contribution in [2.24, 2.45) is 0 Å². The van der Waals surface area contributed by atoms with Crippen LogP contribution in [0.1, 0.15) is 24.8 Å². The summed E-state index contributed by atoms with van der Waals surface area (Å²) in [7, 11) is 0. The number of anilines is 1. The summed E-state index contributed by atoms with van der Waals surface area (Å²) in [5.74, 6) is 1.06. The van der Waals surface area contributed by atoms with Crippen molar-refractivity contribution in [3.05, 3.63) is 53.2 Å². The summed E-state index contributed by atoms with van der Waals surface area (Å²) in [5, 5.41) is 8.97. The first-order valence-corrected chi connectivity index (χ1v) is 9.48. The standard InChI is InChI=1S/C19H22N4O2S/c1-3-10-23(12-17(24)20-15-8-5-4-7-14(15)2)13-18-21-19(22-25-18)16-9-6-11-26-16/h4-9,11H,3,10,12-13H2,1-2H3,(H,20,24). The number of nitrogens with one attached hydrogen (secondary N) is 1. The molecule has 6 nitrogen and oxygen atoms in total. The van der Waals surface area contributed by atoms with E-state index in [2.05, 4.69) is 22.4 Å². The summed E-state index contributed by atoms with van der Waals surface area (Å²) in [6.07, 6.45) is 0.934. The zero-order chi connectivity index (χ0) is 18.4. The first-order valence-electron chi connectivity index (χ1n) is 8.60. The zero-order valence-electron chi connectivity index (χ0n) is 14.9. The molecule has 0 aliphatic carbocycles. The molecule has 1 amide bonds. The molecule has 3 rings (SSSR count). The van der Waals surface area contributed by atoms with Crippen LogP contribution in [0, 0.1) is 6.92 Å². The van der Waals surface area contributed by atoms with Crippen molar-refractivity contribution in [1.29, 1.82) is 0 Å². The lowest BCUT2D eigenvalue weighted by atomic mass is 10.2. The van der Waals surface area contributed by atoms with E-state index in [1.807, 2.05) is 53.6 Å². The third kappa shape index (κ3) is 4.77. The number of hydrogen-bond acceptors (Lipinski definition) is 6.